The Morgan fingerprint density at radius 2 is 1.22 bits per heavy atom. The summed E-state index contributed by atoms with van der Waals surface area (Å²) in [6.45, 7) is 14.4. The Morgan fingerprint density at radius 1 is 0.638 bits per heavy atom. The summed E-state index contributed by atoms with van der Waals surface area (Å²) in [5, 5.41) is 0. The van der Waals surface area contributed by atoms with Gasteiger partial charge in [0.2, 0.25) is 0 Å². The van der Waals surface area contributed by atoms with E-state index < -0.39 is 35.2 Å². The van der Waals surface area contributed by atoms with Crippen LogP contribution in [0.25, 0.3) is 0 Å². The number of piperidine rings is 1. The van der Waals surface area contributed by atoms with Crippen LogP contribution < -0.4 is 14.4 Å². The van der Waals surface area contributed by atoms with Crippen LogP contribution in [0.3, 0.4) is 0 Å². The lowest BCUT2D eigenvalue weighted by molar-refractivity contribution is -0.182. The number of rotatable bonds is 7. The van der Waals surface area contributed by atoms with Crippen molar-refractivity contribution in [1.82, 2.24) is 14.7 Å². The number of hydrogen-bond donors (Lipinski definition) is 0. The van der Waals surface area contributed by atoms with Crippen molar-refractivity contribution in [3.8, 4) is 11.5 Å². The molecular weight excluding hydrogens is 760 g/mol. The normalized spacial score (nSPS) is 22.5. The number of piperazine rings is 1. The Morgan fingerprint density at radius 3 is 1.83 bits per heavy atom. The number of benzene rings is 2. The predicted octanol–water partition coefficient (Wildman–Crippen LogP) is 8.79. The van der Waals surface area contributed by atoms with Crippen molar-refractivity contribution in [2.75, 3.05) is 57.3 Å². The molecule has 4 aliphatic rings. The fourth-order valence-electron chi connectivity index (χ4n) is 8.16. The van der Waals surface area contributed by atoms with Gasteiger partial charge in [-0.1, -0.05) is 0 Å². The van der Waals surface area contributed by atoms with Crippen molar-refractivity contribution in [2.45, 2.75) is 122 Å². The molecule has 6 rings (SSSR count). The number of carbonyl (C=O) groups excluding carboxylic acids is 3. The maximum atomic E-state index is 14.8. The molecule has 2 aromatic rings. The summed E-state index contributed by atoms with van der Waals surface area (Å²) in [7, 11) is 0. The van der Waals surface area contributed by atoms with Gasteiger partial charge in [-0.05, 0) is 103 Å². The van der Waals surface area contributed by atoms with Gasteiger partial charge in [0.1, 0.15) is 40.7 Å². The van der Waals surface area contributed by atoms with E-state index in [4.69, 9.17) is 18.9 Å². The highest BCUT2D eigenvalue weighted by Crippen LogP contribution is 2.45. The molecule has 11 nitrogen and oxygen atoms in total. The molecule has 58 heavy (non-hydrogen) atoms. The summed E-state index contributed by atoms with van der Waals surface area (Å²) in [6, 6.07) is 9.83. The summed E-state index contributed by atoms with van der Waals surface area (Å²) in [4.78, 5) is 46.1. The Kier molecular flexibility index (Phi) is 13.0. The zero-order valence-corrected chi connectivity index (χ0v) is 34.5. The predicted molar refractivity (Wildman–Crippen MR) is 210 cm³/mol. The van der Waals surface area contributed by atoms with Crippen LogP contribution in [0.2, 0.25) is 0 Å². The largest absolute Gasteiger partial charge is 0.490 e. The van der Waals surface area contributed by atoms with Crippen LogP contribution in [0.15, 0.2) is 36.4 Å². The van der Waals surface area contributed by atoms with Crippen LogP contribution in [-0.4, -0.2) is 115 Å². The van der Waals surface area contributed by atoms with Crippen LogP contribution in [0.4, 0.5) is 32.8 Å². The van der Waals surface area contributed by atoms with Crippen LogP contribution in [0, 0.1) is 11.7 Å². The van der Waals surface area contributed by atoms with Gasteiger partial charge in [-0.25, -0.2) is 14.0 Å². The molecule has 0 N–H and O–H groups in total. The highest BCUT2D eigenvalue weighted by Gasteiger charge is 2.42. The minimum atomic E-state index is -4.25. The first-order valence-corrected chi connectivity index (χ1v) is 20.6. The lowest BCUT2D eigenvalue weighted by Gasteiger charge is -2.37. The molecule has 0 unspecified atom stereocenters. The molecule has 1 aliphatic carbocycles. The highest BCUT2D eigenvalue weighted by atomic mass is 19.4. The molecule has 0 bridgehead atoms. The first kappa shape index (κ1) is 43.2. The van der Waals surface area contributed by atoms with Crippen LogP contribution >= 0.6 is 0 Å². The standard InChI is InChI=1S/C43H58F4N4O7/c1-41(2,3)57-39(53)50-21-19-48(20-22-50)32-24-31(44)25-35(26-32)55-33-13-16-49(17-14-33)38(52)29-9-12-37(36(23-29)28-7-10-30(11-8-28)43(45,46)47)56-34-15-18-51(27-34)40(54)58-42(4,5)6/h9,12,23-26,28,30,33-34H,7-8,10-11,13-22,27H2,1-6H3/t28?,30?,34-/m0/s1. The third-order valence-electron chi connectivity index (χ3n) is 11.2. The number of amides is 3. The highest BCUT2D eigenvalue weighted by molar-refractivity contribution is 5.94. The number of likely N-dealkylation sites (tertiary alicyclic amines) is 2. The average molecular weight is 819 g/mol. The second-order valence-electron chi connectivity index (χ2n) is 18.0. The summed E-state index contributed by atoms with van der Waals surface area (Å²) in [5.74, 6) is -1.27. The first-order chi connectivity index (χ1) is 27.2. The van der Waals surface area contributed by atoms with E-state index in [1.54, 1.807) is 59.7 Å². The van der Waals surface area contributed by atoms with Crippen molar-refractivity contribution >= 4 is 23.8 Å². The molecule has 2 aromatic carbocycles. The van der Waals surface area contributed by atoms with E-state index in [9.17, 15) is 31.9 Å². The SMILES string of the molecule is CC(C)(C)OC(=O)N1CCN(c2cc(F)cc(OC3CCN(C(=O)c4ccc(O[C@H]5CCN(C(=O)OC(C)(C)C)C5)c(C5CCC(C(F)(F)F)CC5)c4)CC3)c2)CC1. The number of nitrogens with zero attached hydrogens (tertiary/aromatic N) is 4. The smallest absolute Gasteiger partial charge is 0.410 e. The van der Waals surface area contributed by atoms with E-state index in [1.807, 2.05) is 25.7 Å². The third kappa shape index (κ3) is 11.4. The maximum absolute atomic E-state index is 14.8. The number of carbonyl (C=O) groups is 3. The van der Waals surface area contributed by atoms with E-state index in [1.165, 1.54) is 12.1 Å². The number of hydrogen-bond acceptors (Lipinski definition) is 8. The minimum Gasteiger partial charge on any atom is -0.490 e. The Bertz CT molecular complexity index is 1770. The zero-order chi connectivity index (χ0) is 42.0. The second kappa shape index (κ2) is 17.4. The molecule has 15 heteroatoms. The number of alkyl halides is 3. The fourth-order valence-corrected chi connectivity index (χ4v) is 8.16. The lowest BCUT2D eigenvalue weighted by atomic mass is 9.78. The van der Waals surface area contributed by atoms with Crippen molar-refractivity contribution in [1.29, 1.82) is 0 Å². The van der Waals surface area contributed by atoms with Gasteiger partial charge in [0, 0.05) is 88.5 Å². The molecule has 1 saturated carbocycles. The molecule has 1 atom stereocenters. The van der Waals surface area contributed by atoms with E-state index in [0.29, 0.717) is 113 Å². The fraction of sp³-hybridized carbons (Fsp3) is 0.651. The average Bonchev–Trinajstić information content (AvgIpc) is 3.62. The van der Waals surface area contributed by atoms with Crippen molar-refractivity contribution in [3.05, 3.63) is 53.3 Å². The molecule has 0 aromatic heterocycles. The Hall–Kier alpha value is -4.43. The van der Waals surface area contributed by atoms with Gasteiger partial charge >= 0.3 is 18.4 Å². The Labute approximate surface area is 338 Å². The molecule has 3 heterocycles. The Balaban J connectivity index is 1.07. The van der Waals surface area contributed by atoms with Crippen molar-refractivity contribution < 1.29 is 50.9 Å². The van der Waals surface area contributed by atoms with Crippen molar-refractivity contribution in [2.24, 2.45) is 5.92 Å². The summed E-state index contributed by atoms with van der Waals surface area (Å²) in [5.41, 5.74) is 0.581. The van der Waals surface area contributed by atoms with Gasteiger partial charge in [0.15, 0.2) is 0 Å². The van der Waals surface area contributed by atoms with Crippen LogP contribution in [0.1, 0.15) is 108 Å². The van der Waals surface area contributed by atoms with Gasteiger partial charge in [0.25, 0.3) is 5.91 Å². The monoisotopic (exact) mass is 818 g/mol. The summed E-state index contributed by atoms with van der Waals surface area (Å²) in [6.07, 6.45) is -3.34. The number of halogens is 4. The molecule has 320 valence electrons. The number of anilines is 1. The van der Waals surface area contributed by atoms with Gasteiger partial charge in [0.05, 0.1) is 12.5 Å². The van der Waals surface area contributed by atoms with E-state index >= 15 is 0 Å². The molecule has 4 fully saturated rings. The molecule has 3 aliphatic heterocycles. The van der Waals surface area contributed by atoms with Crippen molar-refractivity contribution in [3.63, 3.8) is 0 Å². The van der Waals surface area contributed by atoms with Gasteiger partial charge in [-0.15, -0.1) is 0 Å². The van der Waals surface area contributed by atoms with Crippen LogP contribution in [-0.2, 0) is 9.47 Å². The summed E-state index contributed by atoms with van der Waals surface area (Å²) >= 11 is 0. The van der Waals surface area contributed by atoms with E-state index in [2.05, 4.69) is 0 Å². The first-order valence-electron chi connectivity index (χ1n) is 20.6. The maximum Gasteiger partial charge on any atom is 0.410 e. The minimum absolute atomic E-state index is 0.00663. The topological polar surface area (TPSA) is 101 Å². The lowest BCUT2D eigenvalue weighted by Crippen LogP contribution is -2.50. The van der Waals surface area contributed by atoms with Gasteiger partial charge in [-0.3, -0.25) is 4.79 Å². The third-order valence-corrected chi connectivity index (χ3v) is 11.2. The zero-order valence-electron chi connectivity index (χ0n) is 34.5. The number of ether oxygens (including phenoxy) is 4. The molecular formula is C43H58F4N4O7. The van der Waals surface area contributed by atoms with Gasteiger partial charge in [-0.2, -0.15) is 13.2 Å². The van der Waals surface area contributed by atoms with Crippen LogP contribution in [0.5, 0.6) is 11.5 Å². The molecule has 0 radical (unpaired) electrons. The van der Waals surface area contributed by atoms with E-state index in [-0.39, 0.29) is 43.0 Å². The molecule has 3 saturated heterocycles. The summed E-state index contributed by atoms with van der Waals surface area (Å²) < 4.78 is 79.3. The van der Waals surface area contributed by atoms with Gasteiger partial charge < -0.3 is 38.5 Å². The second-order valence-corrected chi connectivity index (χ2v) is 18.0. The molecule has 0 spiro atoms. The molecule has 3 amide bonds. The quantitative estimate of drug-likeness (QED) is 0.256. The van der Waals surface area contributed by atoms with E-state index in [0.717, 1.165) is 0 Å².